The van der Waals surface area contributed by atoms with Gasteiger partial charge in [-0.25, -0.2) is 13.6 Å². The first-order valence-corrected chi connectivity index (χ1v) is 11.8. The quantitative estimate of drug-likeness (QED) is 0.719. The number of methoxy groups -OCH3 is 1. The number of anilines is 1. The Kier molecular flexibility index (Phi) is 5.47. The van der Waals surface area contributed by atoms with Crippen LogP contribution in [0, 0.1) is 0 Å². The number of hydrogen-bond donors (Lipinski definition) is 2. The van der Waals surface area contributed by atoms with E-state index in [4.69, 9.17) is 9.88 Å². The van der Waals surface area contributed by atoms with Gasteiger partial charge in [0.05, 0.1) is 18.6 Å². The lowest BCUT2D eigenvalue weighted by atomic mass is 10.2. The fraction of sp³-hybridized carbons (Fsp3) is 0.188. The van der Waals surface area contributed by atoms with Gasteiger partial charge in [-0.15, -0.1) is 16.2 Å². The topological polar surface area (TPSA) is 128 Å². The molecule has 0 spiro atoms. The molecule has 0 aromatic heterocycles. The first-order chi connectivity index (χ1) is 12.7. The Labute approximate surface area is 161 Å². The number of rotatable bonds is 6. The number of primary sulfonamides is 1. The van der Waals surface area contributed by atoms with Gasteiger partial charge >= 0.3 is 0 Å². The molecule has 0 fully saturated rings. The van der Waals surface area contributed by atoms with Crippen LogP contribution in [0.2, 0.25) is 0 Å². The molecular formula is C16H17N3O5S3. The highest BCUT2D eigenvalue weighted by molar-refractivity contribution is 7.99. The van der Waals surface area contributed by atoms with Crippen LogP contribution in [0.1, 0.15) is 5.56 Å². The third-order valence-corrected chi connectivity index (χ3v) is 7.01. The Hall–Kier alpha value is -2.08. The highest BCUT2D eigenvalue weighted by atomic mass is 32.2. The summed E-state index contributed by atoms with van der Waals surface area (Å²) in [5.41, 5.74) is 1.31. The van der Waals surface area contributed by atoms with Gasteiger partial charge in [0.1, 0.15) is 21.4 Å². The van der Waals surface area contributed by atoms with Crippen LogP contribution < -0.4 is 15.2 Å². The predicted octanol–water partition coefficient (Wildman–Crippen LogP) is 1.79. The van der Waals surface area contributed by atoms with Crippen molar-refractivity contribution in [1.82, 2.24) is 0 Å². The van der Waals surface area contributed by atoms with E-state index in [9.17, 15) is 16.8 Å². The van der Waals surface area contributed by atoms with Crippen molar-refractivity contribution >= 4 is 43.3 Å². The monoisotopic (exact) mass is 427 g/mol. The Bertz CT molecular complexity index is 1100. The summed E-state index contributed by atoms with van der Waals surface area (Å²) in [4.78, 5) is -0.671. The average Bonchev–Trinajstić information content (AvgIpc) is 2.60. The standard InChI is InChI=1S/C16H17N3O5S3/c1-24-13-7-12-14(8-15(13)26(17,20)21)27(22,23)19-16(18-12)10-25-9-11-5-3-2-4-6-11/h2-8H,9-10H2,1H3,(H,18,19)(H2,17,20,21). The van der Waals surface area contributed by atoms with Crippen LogP contribution in [0.3, 0.4) is 0 Å². The van der Waals surface area contributed by atoms with Crippen LogP contribution in [-0.2, 0) is 25.8 Å². The molecule has 1 aliphatic heterocycles. The van der Waals surface area contributed by atoms with E-state index in [0.29, 0.717) is 11.5 Å². The summed E-state index contributed by atoms with van der Waals surface area (Å²) < 4.78 is 57.1. The van der Waals surface area contributed by atoms with Gasteiger partial charge in [-0.3, -0.25) is 0 Å². The molecule has 8 nitrogen and oxygen atoms in total. The van der Waals surface area contributed by atoms with E-state index >= 15 is 0 Å². The zero-order chi connectivity index (χ0) is 19.7. The fourth-order valence-corrected chi connectivity index (χ4v) is 5.38. The number of hydrogen-bond acceptors (Lipinski definition) is 7. The number of fused-ring (bicyclic) bond motifs is 1. The fourth-order valence-electron chi connectivity index (χ4n) is 2.51. The van der Waals surface area contributed by atoms with Crippen LogP contribution in [0.4, 0.5) is 5.69 Å². The summed E-state index contributed by atoms with van der Waals surface area (Å²) in [6.45, 7) is 0. The molecule has 2 aromatic rings. The van der Waals surface area contributed by atoms with Gasteiger partial charge in [-0.1, -0.05) is 30.3 Å². The van der Waals surface area contributed by atoms with Crippen LogP contribution in [0.5, 0.6) is 5.75 Å². The van der Waals surface area contributed by atoms with Crippen molar-refractivity contribution in [2.24, 2.45) is 9.54 Å². The van der Waals surface area contributed by atoms with E-state index in [0.717, 1.165) is 11.6 Å². The summed E-state index contributed by atoms with van der Waals surface area (Å²) >= 11 is 1.50. The number of thioether (sulfide) groups is 1. The molecule has 2 aromatic carbocycles. The second-order valence-electron chi connectivity index (χ2n) is 5.66. The molecular weight excluding hydrogens is 410 g/mol. The molecule has 0 bridgehead atoms. The molecule has 0 saturated heterocycles. The molecule has 0 radical (unpaired) electrons. The molecule has 3 N–H and O–H groups in total. The van der Waals surface area contributed by atoms with E-state index in [1.165, 1.54) is 24.9 Å². The smallest absolute Gasteiger partial charge is 0.286 e. The molecule has 11 heteroatoms. The van der Waals surface area contributed by atoms with Gasteiger partial charge in [0, 0.05) is 11.8 Å². The summed E-state index contributed by atoms with van der Waals surface area (Å²) in [5, 5.41) is 8.07. The minimum atomic E-state index is -4.16. The van der Waals surface area contributed by atoms with Gasteiger partial charge in [0.25, 0.3) is 10.0 Å². The van der Waals surface area contributed by atoms with Gasteiger partial charge in [-0.05, 0) is 11.6 Å². The Morgan fingerprint density at radius 2 is 1.89 bits per heavy atom. The molecule has 0 unspecified atom stereocenters. The maximum Gasteiger partial charge on any atom is 0.286 e. The number of benzene rings is 2. The van der Waals surface area contributed by atoms with Gasteiger partial charge < -0.3 is 10.1 Å². The third-order valence-electron chi connectivity index (χ3n) is 3.71. The van der Waals surface area contributed by atoms with Gasteiger partial charge in [0.2, 0.25) is 10.0 Å². The van der Waals surface area contributed by atoms with Crippen molar-refractivity contribution in [3.05, 3.63) is 48.0 Å². The third kappa shape index (κ3) is 4.43. The number of ether oxygens (including phenoxy) is 1. The zero-order valence-corrected chi connectivity index (χ0v) is 16.7. The van der Waals surface area contributed by atoms with E-state index in [1.54, 1.807) is 0 Å². The second-order valence-corrected chi connectivity index (χ2v) is 9.75. The number of sulfonamides is 2. The number of nitrogens with two attached hydrogens (primary N) is 1. The van der Waals surface area contributed by atoms with E-state index in [2.05, 4.69) is 9.71 Å². The van der Waals surface area contributed by atoms with Gasteiger partial charge in [0.15, 0.2) is 0 Å². The molecule has 3 rings (SSSR count). The average molecular weight is 428 g/mol. The summed E-state index contributed by atoms with van der Waals surface area (Å²) in [6, 6.07) is 12.0. The molecule has 1 heterocycles. The molecule has 0 aliphatic carbocycles. The molecule has 0 amide bonds. The van der Waals surface area contributed by atoms with E-state index < -0.39 is 24.9 Å². The van der Waals surface area contributed by atoms with E-state index in [1.807, 2.05) is 30.3 Å². The Balaban J connectivity index is 1.86. The lowest BCUT2D eigenvalue weighted by molar-refractivity contribution is 0.402. The first kappa shape index (κ1) is 19.7. The lowest BCUT2D eigenvalue weighted by Crippen LogP contribution is -2.24. The Morgan fingerprint density at radius 3 is 2.52 bits per heavy atom. The van der Waals surface area contributed by atoms with Gasteiger partial charge in [-0.2, -0.15) is 8.42 Å². The highest BCUT2D eigenvalue weighted by Gasteiger charge is 2.29. The van der Waals surface area contributed by atoms with Crippen molar-refractivity contribution in [2.75, 3.05) is 18.2 Å². The zero-order valence-electron chi connectivity index (χ0n) is 14.2. The molecule has 0 saturated carbocycles. The maximum atomic E-state index is 12.5. The normalized spacial score (nSPS) is 15.4. The van der Waals surface area contributed by atoms with Crippen LogP contribution in [0.25, 0.3) is 0 Å². The molecule has 27 heavy (non-hydrogen) atoms. The van der Waals surface area contributed by atoms with Crippen molar-refractivity contribution in [3.63, 3.8) is 0 Å². The highest BCUT2D eigenvalue weighted by Crippen LogP contribution is 2.36. The van der Waals surface area contributed by atoms with Crippen molar-refractivity contribution in [3.8, 4) is 5.75 Å². The summed E-state index contributed by atoms with van der Waals surface area (Å²) in [6.07, 6.45) is 0. The lowest BCUT2D eigenvalue weighted by Gasteiger charge is -2.20. The minimum Gasteiger partial charge on any atom is -0.495 e. The minimum absolute atomic E-state index is 0.0443. The van der Waals surface area contributed by atoms with Crippen LogP contribution in [0.15, 0.2) is 56.7 Å². The van der Waals surface area contributed by atoms with Crippen LogP contribution >= 0.6 is 11.8 Å². The number of nitrogens with one attached hydrogen (secondary N) is 1. The van der Waals surface area contributed by atoms with Crippen LogP contribution in [-0.4, -0.2) is 35.5 Å². The first-order valence-electron chi connectivity index (χ1n) is 7.68. The SMILES string of the molecule is COc1cc2c(cc1S(N)(=O)=O)S(=O)(=O)N=C(CSCc1ccccc1)N2. The predicted molar refractivity (Wildman–Crippen MR) is 105 cm³/mol. The molecule has 1 aliphatic rings. The summed E-state index contributed by atoms with van der Waals surface area (Å²) in [7, 11) is -6.94. The number of amidine groups is 1. The largest absolute Gasteiger partial charge is 0.495 e. The van der Waals surface area contributed by atoms with E-state index in [-0.39, 0.29) is 22.2 Å². The molecule has 144 valence electrons. The molecule has 0 atom stereocenters. The Morgan fingerprint density at radius 1 is 1.19 bits per heavy atom. The number of nitrogens with zero attached hydrogens (tertiary/aromatic N) is 1. The maximum absolute atomic E-state index is 12.5. The van der Waals surface area contributed by atoms with Crippen molar-refractivity contribution < 1.29 is 21.6 Å². The van der Waals surface area contributed by atoms with Crippen molar-refractivity contribution in [2.45, 2.75) is 15.5 Å². The summed E-state index contributed by atoms with van der Waals surface area (Å²) in [5.74, 6) is 1.25. The van der Waals surface area contributed by atoms with Crippen molar-refractivity contribution in [1.29, 1.82) is 0 Å². The second kappa shape index (κ2) is 7.50.